The first-order chi connectivity index (χ1) is 5.68. The summed E-state index contributed by atoms with van der Waals surface area (Å²) in [6.07, 6.45) is 3.18. The molecule has 0 aliphatic heterocycles. The van der Waals surface area contributed by atoms with Gasteiger partial charge in [0.05, 0.1) is 16.2 Å². The Hall–Kier alpha value is -0.750. The summed E-state index contributed by atoms with van der Waals surface area (Å²) in [6, 6.07) is 0. The van der Waals surface area contributed by atoms with Crippen molar-refractivity contribution in [1.82, 2.24) is 10.4 Å². The molecule has 0 spiro atoms. The molecule has 0 aliphatic carbocycles. The van der Waals surface area contributed by atoms with E-state index in [1.165, 1.54) is 24.5 Å². The Kier molecular flexibility index (Phi) is 3.36. The summed E-state index contributed by atoms with van der Waals surface area (Å²) in [6.45, 7) is 1.40. The van der Waals surface area contributed by atoms with Crippen LogP contribution in [-0.4, -0.2) is 17.1 Å². The maximum absolute atomic E-state index is 10.4. The molecule has 6 heteroatoms. The number of halogens is 1. The Balaban J connectivity index is 2.52. The van der Waals surface area contributed by atoms with Crippen molar-refractivity contribution in [2.75, 3.05) is 0 Å². The van der Waals surface area contributed by atoms with Crippen LogP contribution in [0.3, 0.4) is 0 Å². The van der Waals surface area contributed by atoms with Gasteiger partial charge in [-0.15, -0.1) is 11.3 Å². The van der Waals surface area contributed by atoms with Gasteiger partial charge in [-0.3, -0.25) is 4.79 Å². The summed E-state index contributed by atoms with van der Waals surface area (Å²) >= 11 is 4.70. The van der Waals surface area contributed by atoms with Gasteiger partial charge in [-0.25, -0.2) is 10.4 Å². The summed E-state index contributed by atoms with van der Waals surface area (Å²) in [5.74, 6) is -0.193. The van der Waals surface area contributed by atoms with Crippen molar-refractivity contribution in [3.05, 3.63) is 15.0 Å². The zero-order valence-corrected chi connectivity index (χ0v) is 8.65. The first kappa shape index (κ1) is 9.34. The second-order valence-corrected chi connectivity index (χ2v) is 4.37. The third kappa shape index (κ3) is 3.10. The van der Waals surface area contributed by atoms with Crippen molar-refractivity contribution in [3.8, 4) is 0 Å². The maximum atomic E-state index is 10.4. The van der Waals surface area contributed by atoms with Gasteiger partial charge in [0.15, 0.2) is 0 Å². The van der Waals surface area contributed by atoms with Crippen molar-refractivity contribution < 1.29 is 4.79 Å². The molecular weight excluding hydrogens is 242 g/mol. The van der Waals surface area contributed by atoms with Gasteiger partial charge in [0, 0.05) is 6.92 Å². The van der Waals surface area contributed by atoms with Gasteiger partial charge in [-0.1, -0.05) is 0 Å². The minimum Gasteiger partial charge on any atom is -0.274 e. The van der Waals surface area contributed by atoms with Crippen LogP contribution in [0.1, 0.15) is 11.9 Å². The molecule has 1 aromatic heterocycles. The Bertz CT molecular complexity index is 309. The Morgan fingerprint density at radius 1 is 1.92 bits per heavy atom. The molecule has 0 radical (unpaired) electrons. The fraction of sp³-hybridized carbons (Fsp3) is 0.167. The number of thiazole rings is 1. The van der Waals surface area contributed by atoms with Gasteiger partial charge in [-0.2, -0.15) is 5.10 Å². The normalized spacial score (nSPS) is 10.5. The van der Waals surface area contributed by atoms with Crippen LogP contribution in [0.25, 0.3) is 0 Å². The molecular formula is C6H6BrN3OS. The molecule has 0 aliphatic rings. The summed E-state index contributed by atoms with van der Waals surface area (Å²) in [5.41, 5.74) is 2.29. The van der Waals surface area contributed by atoms with E-state index >= 15 is 0 Å². The van der Waals surface area contributed by atoms with Gasteiger partial charge in [0.2, 0.25) is 5.91 Å². The summed E-state index contributed by atoms with van der Waals surface area (Å²) in [7, 11) is 0. The topological polar surface area (TPSA) is 54.4 Å². The van der Waals surface area contributed by atoms with Gasteiger partial charge in [0.25, 0.3) is 0 Å². The molecule has 1 N–H and O–H groups in total. The fourth-order valence-corrected chi connectivity index (χ4v) is 1.62. The zero-order valence-electron chi connectivity index (χ0n) is 6.24. The van der Waals surface area contributed by atoms with E-state index in [0.29, 0.717) is 0 Å². The smallest absolute Gasteiger partial charge is 0.236 e. The quantitative estimate of drug-likeness (QED) is 0.634. The number of nitrogens with one attached hydrogen (secondary N) is 1. The summed E-state index contributed by atoms with van der Waals surface area (Å²) in [4.78, 5) is 14.4. The lowest BCUT2D eigenvalue weighted by Crippen LogP contribution is -2.12. The third-order valence-electron chi connectivity index (χ3n) is 0.892. The van der Waals surface area contributed by atoms with Crippen molar-refractivity contribution in [2.24, 2.45) is 5.10 Å². The molecule has 1 rings (SSSR count). The number of aromatic nitrogens is 1. The van der Waals surface area contributed by atoms with E-state index in [1.54, 1.807) is 6.20 Å². The highest BCUT2D eigenvalue weighted by Crippen LogP contribution is 2.17. The minimum atomic E-state index is -0.193. The highest BCUT2D eigenvalue weighted by molar-refractivity contribution is 9.11. The van der Waals surface area contributed by atoms with Crippen LogP contribution >= 0.6 is 27.3 Å². The average molecular weight is 248 g/mol. The van der Waals surface area contributed by atoms with Gasteiger partial charge >= 0.3 is 0 Å². The van der Waals surface area contributed by atoms with E-state index in [-0.39, 0.29) is 5.91 Å². The van der Waals surface area contributed by atoms with E-state index in [4.69, 9.17) is 0 Å². The van der Waals surface area contributed by atoms with Crippen LogP contribution in [-0.2, 0) is 4.79 Å². The zero-order chi connectivity index (χ0) is 8.97. The highest BCUT2D eigenvalue weighted by atomic mass is 79.9. The molecule has 0 bridgehead atoms. The first-order valence-electron chi connectivity index (χ1n) is 3.09. The molecule has 1 heterocycles. The minimum absolute atomic E-state index is 0.193. The van der Waals surface area contributed by atoms with E-state index in [2.05, 4.69) is 31.4 Å². The first-order valence-corrected chi connectivity index (χ1v) is 4.70. The van der Waals surface area contributed by atoms with Crippen molar-refractivity contribution in [2.45, 2.75) is 6.92 Å². The van der Waals surface area contributed by atoms with Crippen molar-refractivity contribution in [3.63, 3.8) is 0 Å². The predicted octanol–water partition coefficient (Wildman–Crippen LogP) is 1.38. The molecule has 0 saturated heterocycles. The summed E-state index contributed by atoms with van der Waals surface area (Å²) in [5, 5.41) is 4.40. The van der Waals surface area contributed by atoms with E-state index < -0.39 is 0 Å². The highest BCUT2D eigenvalue weighted by Gasteiger charge is 1.94. The van der Waals surface area contributed by atoms with Crippen LogP contribution in [0, 0.1) is 0 Å². The molecule has 12 heavy (non-hydrogen) atoms. The number of nitrogens with zero attached hydrogens (tertiary/aromatic N) is 2. The van der Waals surface area contributed by atoms with Crippen molar-refractivity contribution in [1.29, 1.82) is 0 Å². The summed E-state index contributed by atoms with van der Waals surface area (Å²) < 4.78 is 0.937. The lowest BCUT2D eigenvalue weighted by Gasteiger charge is -1.87. The number of hydrogen-bond donors (Lipinski definition) is 1. The Morgan fingerprint density at radius 3 is 3.17 bits per heavy atom. The van der Waals surface area contributed by atoms with Crippen molar-refractivity contribution >= 4 is 39.4 Å². The number of hydrazone groups is 1. The molecule has 1 aromatic rings. The van der Waals surface area contributed by atoms with Gasteiger partial charge < -0.3 is 0 Å². The molecule has 4 nitrogen and oxygen atoms in total. The van der Waals surface area contributed by atoms with Gasteiger partial charge in [-0.05, 0) is 15.9 Å². The van der Waals surface area contributed by atoms with Crippen LogP contribution < -0.4 is 5.43 Å². The average Bonchev–Trinajstić information content (AvgIpc) is 2.35. The number of carbonyl (C=O) groups excluding carboxylic acids is 1. The standard InChI is InChI=1S/C6H6BrN3OS/c1-4(11)10-9-3-6-8-2-5(7)12-6/h2-3H,1H3,(H,10,11)/b9-3+. The lowest BCUT2D eigenvalue weighted by atomic mass is 10.7. The molecule has 0 unspecified atom stereocenters. The molecule has 64 valence electrons. The number of amides is 1. The molecule has 1 amide bonds. The second-order valence-electron chi connectivity index (χ2n) is 1.93. The number of rotatable bonds is 2. The molecule has 0 aromatic carbocycles. The number of carbonyl (C=O) groups is 1. The molecule has 0 saturated carbocycles. The van der Waals surface area contributed by atoms with E-state index in [0.717, 1.165) is 8.79 Å². The number of hydrogen-bond acceptors (Lipinski definition) is 4. The van der Waals surface area contributed by atoms with Crippen LogP contribution in [0.15, 0.2) is 15.1 Å². The molecule has 0 fully saturated rings. The van der Waals surface area contributed by atoms with Crippen LogP contribution in [0.2, 0.25) is 0 Å². The lowest BCUT2D eigenvalue weighted by molar-refractivity contribution is -0.118. The Morgan fingerprint density at radius 2 is 2.67 bits per heavy atom. The maximum Gasteiger partial charge on any atom is 0.236 e. The predicted molar refractivity (Wildman–Crippen MR) is 51.2 cm³/mol. The monoisotopic (exact) mass is 247 g/mol. The fourth-order valence-electron chi connectivity index (χ4n) is 0.505. The largest absolute Gasteiger partial charge is 0.274 e. The van der Waals surface area contributed by atoms with E-state index in [1.807, 2.05) is 0 Å². The third-order valence-corrected chi connectivity index (χ3v) is 2.30. The Labute approximate surface area is 81.8 Å². The van der Waals surface area contributed by atoms with Gasteiger partial charge in [0.1, 0.15) is 5.01 Å². The SMILES string of the molecule is CC(=O)N/N=C/c1ncc(Br)s1. The van der Waals surface area contributed by atoms with Crippen LogP contribution in [0.4, 0.5) is 0 Å². The van der Waals surface area contributed by atoms with E-state index in [9.17, 15) is 4.79 Å². The second kappa shape index (κ2) is 4.32. The molecule has 0 atom stereocenters. The van der Waals surface area contributed by atoms with Crippen LogP contribution in [0.5, 0.6) is 0 Å².